The quantitative estimate of drug-likeness (QED) is 0.496. The van der Waals surface area contributed by atoms with Crippen LogP contribution in [-0.4, -0.2) is 39.2 Å². The summed E-state index contributed by atoms with van der Waals surface area (Å²) in [5.41, 5.74) is 5.32. The Morgan fingerprint density at radius 3 is 2.43 bits per heavy atom. The molecule has 0 fully saturated rings. The highest BCUT2D eigenvalue weighted by molar-refractivity contribution is 5.67. The first-order valence-corrected chi connectivity index (χ1v) is 9.51. The fourth-order valence-electron chi connectivity index (χ4n) is 2.87. The summed E-state index contributed by atoms with van der Waals surface area (Å²) < 4.78 is 5.71. The Labute approximate surface area is 175 Å². The molecule has 0 aliphatic rings. The maximum atomic E-state index is 5.71. The molecule has 0 aliphatic carbocycles. The zero-order valence-corrected chi connectivity index (χ0v) is 16.9. The SMILES string of the molecule is C=C(c1ccc(-c2cncc(-c3nnc(NCc4ccccc4)o3)n2)cc1)N(C)C. The fourth-order valence-corrected chi connectivity index (χ4v) is 2.87. The van der Waals surface area contributed by atoms with Gasteiger partial charge in [0, 0.05) is 31.9 Å². The Hall–Kier alpha value is -4.00. The van der Waals surface area contributed by atoms with Crippen LogP contribution in [0.15, 0.2) is 78.0 Å². The van der Waals surface area contributed by atoms with Gasteiger partial charge in [0.1, 0.15) is 5.69 Å². The minimum Gasteiger partial charge on any atom is -0.402 e. The molecule has 7 nitrogen and oxygen atoms in total. The predicted octanol–water partition coefficient (Wildman–Crippen LogP) is 4.34. The van der Waals surface area contributed by atoms with E-state index in [0.717, 1.165) is 28.1 Å². The molecule has 30 heavy (non-hydrogen) atoms. The lowest BCUT2D eigenvalue weighted by Gasteiger charge is -2.15. The molecule has 0 aliphatic heterocycles. The number of aromatic nitrogens is 4. The monoisotopic (exact) mass is 398 g/mol. The number of hydrogen-bond acceptors (Lipinski definition) is 7. The van der Waals surface area contributed by atoms with E-state index in [1.54, 1.807) is 12.4 Å². The number of nitrogens with zero attached hydrogens (tertiary/aromatic N) is 5. The maximum absolute atomic E-state index is 5.71. The molecule has 2 aromatic carbocycles. The Kier molecular flexibility index (Phi) is 5.52. The van der Waals surface area contributed by atoms with Crippen LogP contribution in [0.25, 0.3) is 28.5 Å². The lowest BCUT2D eigenvalue weighted by Crippen LogP contribution is -2.08. The van der Waals surface area contributed by atoms with Gasteiger partial charge in [0.15, 0.2) is 0 Å². The van der Waals surface area contributed by atoms with E-state index in [1.165, 1.54) is 0 Å². The van der Waals surface area contributed by atoms with Crippen molar-refractivity contribution >= 4 is 11.7 Å². The molecule has 7 heteroatoms. The molecule has 0 spiro atoms. The van der Waals surface area contributed by atoms with Gasteiger partial charge in [-0.05, 0) is 11.1 Å². The molecule has 150 valence electrons. The third-order valence-corrected chi connectivity index (χ3v) is 4.62. The van der Waals surface area contributed by atoms with Gasteiger partial charge in [-0.1, -0.05) is 66.3 Å². The van der Waals surface area contributed by atoms with Crippen LogP contribution in [0, 0.1) is 0 Å². The highest BCUT2D eigenvalue weighted by atomic mass is 16.4. The van der Waals surface area contributed by atoms with Gasteiger partial charge >= 0.3 is 6.01 Å². The van der Waals surface area contributed by atoms with Gasteiger partial charge in [-0.3, -0.25) is 4.98 Å². The third kappa shape index (κ3) is 4.35. The molecular weight excluding hydrogens is 376 g/mol. The first kappa shape index (κ1) is 19.3. The summed E-state index contributed by atoms with van der Waals surface area (Å²) in [7, 11) is 3.94. The lowest BCUT2D eigenvalue weighted by atomic mass is 10.1. The average molecular weight is 398 g/mol. The number of benzene rings is 2. The second kappa shape index (κ2) is 8.57. The second-order valence-corrected chi connectivity index (χ2v) is 6.96. The molecule has 4 rings (SSSR count). The van der Waals surface area contributed by atoms with Crippen LogP contribution in [0.5, 0.6) is 0 Å². The van der Waals surface area contributed by atoms with E-state index in [0.29, 0.717) is 24.1 Å². The van der Waals surface area contributed by atoms with Crippen LogP contribution in [0.4, 0.5) is 6.01 Å². The Balaban J connectivity index is 1.50. The molecule has 2 heterocycles. The molecule has 0 saturated heterocycles. The minimum absolute atomic E-state index is 0.317. The van der Waals surface area contributed by atoms with Crippen molar-refractivity contribution in [2.45, 2.75) is 6.54 Å². The summed E-state index contributed by atoms with van der Waals surface area (Å²) in [4.78, 5) is 10.9. The first-order chi connectivity index (χ1) is 14.6. The number of nitrogens with one attached hydrogen (secondary N) is 1. The molecule has 0 unspecified atom stereocenters. The summed E-state index contributed by atoms with van der Waals surface area (Å²) in [5.74, 6) is 0.317. The van der Waals surface area contributed by atoms with E-state index in [9.17, 15) is 0 Å². The van der Waals surface area contributed by atoms with Crippen molar-refractivity contribution in [2.24, 2.45) is 0 Å². The van der Waals surface area contributed by atoms with Crippen LogP contribution in [0.1, 0.15) is 11.1 Å². The summed E-state index contributed by atoms with van der Waals surface area (Å²) in [6.45, 7) is 4.68. The Morgan fingerprint density at radius 1 is 0.967 bits per heavy atom. The number of anilines is 1. The van der Waals surface area contributed by atoms with Gasteiger partial charge in [-0.15, -0.1) is 5.10 Å². The Bertz CT molecular complexity index is 1140. The normalized spacial score (nSPS) is 10.6. The lowest BCUT2D eigenvalue weighted by molar-refractivity contribution is 0.578. The van der Waals surface area contributed by atoms with Gasteiger partial charge in [-0.25, -0.2) is 4.98 Å². The zero-order valence-electron chi connectivity index (χ0n) is 16.9. The van der Waals surface area contributed by atoms with E-state index in [-0.39, 0.29) is 0 Å². The standard InChI is InChI=1S/C23H22N6O/c1-16(29(2)3)18-9-11-19(12-10-18)20-14-24-15-21(26-20)22-27-28-23(30-22)25-13-17-7-5-4-6-8-17/h4-12,14-15H,1,13H2,2-3H3,(H,25,28). The van der Waals surface area contributed by atoms with E-state index in [1.807, 2.05) is 73.6 Å². The van der Waals surface area contributed by atoms with Crippen molar-refractivity contribution in [3.63, 3.8) is 0 Å². The molecule has 2 aromatic heterocycles. The van der Waals surface area contributed by atoms with Crippen LogP contribution >= 0.6 is 0 Å². The van der Waals surface area contributed by atoms with E-state index >= 15 is 0 Å². The average Bonchev–Trinajstić information content (AvgIpc) is 3.27. The molecule has 0 bridgehead atoms. The van der Waals surface area contributed by atoms with E-state index in [2.05, 4.69) is 32.1 Å². The molecule has 0 saturated carbocycles. The highest BCUT2D eigenvalue weighted by Gasteiger charge is 2.12. The summed E-state index contributed by atoms with van der Waals surface area (Å²) in [6, 6.07) is 18.4. The first-order valence-electron chi connectivity index (χ1n) is 9.51. The molecule has 4 aromatic rings. The maximum Gasteiger partial charge on any atom is 0.316 e. The second-order valence-electron chi connectivity index (χ2n) is 6.96. The molecular formula is C23H22N6O. The summed E-state index contributed by atoms with van der Waals surface area (Å²) in [5, 5.41) is 11.3. The third-order valence-electron chi connectivity index (χ3n) is 4.62. The van der Waals surface area contributed by atoms with Gasteiger partial charge in [0.2, 0.25) is 0 Å². The van der Waals surface area contributed by atoms with Gasteiger partial charge in [0.25, 0.3) is 5.89 Å². The van der Waals surface area contributed by atoms with Crippen LogP contribution < -0.4 is 5.32 Å². The molecule has 0 atom stereocenters. The topological polar surface area (TPSA) is 80.0 Å². The van der Waals surface area contributed by atoms with Crippen molar-refractivity contribution in [2.75, 3.05) is 19.4 Å². The largest absolute Gasteiger partial charge is 0.402 e. The minimum atomic E-state index is 0.317. The smallest absolute Gasteiger partial charge is 0.316 e. The van der Waals surface area contributed by atoms with Crippen LogP contribution in [0.2, 0.25) is 0 Å². The van der Waals surface area contributed by atoms with E-state index < -0.39 is 0 Å². The molecule has 0 radical (unpaired) electrons. The van der Waals surface area contributed by atoms with Crippen LogP contribution in [-0.2, 0) is 6.54 Å². The molecule has 0 amide bonds. The van der Waals surface area contributed by atoms with E-state index in [4.69, 9.17) is 4.42 Å². The van der Waals surface area contributed by atoms with Crippen molar-refractivity contribution in [3.05, 3.63) is 84.7 Å². The van der Waals surface area contributed by atoms with Crippen molar-refractivity contribution in [1.82, 2.24) is 25.1 Å². The number of rotatable bonds is 7. The van der Waals surface area contributed by atoms with Gasteiger partial charge < -0.3 is 14.6 Å². The van der Waals surface area contributed by atoms with Crippen molar-refractivity contribution < 1.29 is 4.42 Å². The summed E-state index contributed by atoms with van der Waals surface area (Å²) in [6.07, 6.45) is 3.32. The van der Waals surface area contributed by atoms with Crippen molar-refractivity contribution in [1.29, 1.82) is 0 Å². The summed E-state index contributed by atoms with van der Waals surface area (Å²) >= 11 is 0. The van der Waals surface area contributed by atoms with Crippen molar-refractivity contribution in [3.8, 4) is 22.8 Å². The molecule has 1 N–H and O–H groups in total. The zero-order chi connectivity index (χ0) is 20.9. The predicted molar refractivity (Wildman–Crippen MR) is 117 cm³/mol. The highest BCUT2D eigenvalue weighted by Crippen LogP contribution is 2.24. The van der Waals surface area contributed by atoms with Crippen LogP contribution in [0.3, 0.4) is 0 Å². The van der Waals surface area contributed by atoms with Gasteiger partial charge in [-0.2, -0.15) is 0 Å². The number of hydrogen-bond donors (Lipinski definition) is 1. The Morgan fingerprint density at radius 2 is 1.70 bits per heavy atom. The fraction of sp³-hybridized carbons (Fsp3) is 0.130. The van der Waals surface area contributed by atoms with Gasteiger partial charge in [0.05, 0.1) is 18.1 Å².